The number of rotatable bonds is 8. The minimum atomic E-state index is -0.690. The third kappa shape index (κ3) is 6.07. The fraction of sp³-hybridized carbons (Fsp3) is 0.433. The van der Waals surface area contributed by atoms with Crippen LogP contribution in [-0.2, 0) is 16.1 Å². The SMILES string of the molecule is CC.CNC(=O)CCC(C=O)N1Cc2cc(NC(=O)c3cnc4c(ccn4C4CCN(C)CC4)c3)ccc2C1=O. The van der Waals surface area contributed by atoms with Crippen LogP contribution in [0, 0.1) is 0 Å². The minimum Gasteiger partial charge on any atom is -0.359 e. The first-order valence-corrected chi connectivity index (χ1v) is 13.9. The summed E-state index contributed by atoms with van der Waals surface area (Å²) in [6.07, 6.45) is 6.91. The van der Waals surface area contributed by atoms with Crippen molar-refractivity contribution in [2.75, 3.05) is 32.5 Å². The quantitative estimate of drug-likeness (QED) is 0.417. The second kappa shape index (κ2) is 12.9. The lowest BCUT2D eigenvalue weighted by atomic mass is 10.1. The van der Waals surface area contributed by atoms with Crippen molar-refractivity contribution < 1.29 is 19.2 Å². The van der Waals surface area contributed by atoms with Gasteiger partial charge in [0, 0.05) is 55.1 Å². The lowest BCUT2D eigenvalue weighted by molar-refractivity contribution is -0.121. The maximum atomic E-state index is 13.0. The molecule has 2 aliphatic rings. The van der Waals surface area contributed by atoms with Crippen LogP contribution in [0.2, 0.25) is 0 Å². The maximum Gasteiger partial charge on any atom is 0.257 e. The Morgan fingerprint density at radius 3 is 2.60 bits per heavy atom. The number of carbonyl (C=O) groups excluding carboxylic acids is 4. The van der Waals surface area contributed by atoms with Gasteiger partial charge in [-0.15, -0.1) is 0 Å². The van der Waals surface area contributed by atoms with E-state index in [0.717, 1.165) is 42.5 Å². The van der Waals surface area contributed by atoms with Gasteiger partial charge in [0.25, 0.3) is 11.8 Å². The molecule has 5 rings (SSSR count). The van der Waals surface area contributed by atoms with Crippen LogP contribution in [0.15, 0.2) is 42.7 Å². The first kappa shape index (κ1) is 28.9. The molecule has 0 aliphatic carbocycles. The molecule has 2 N–H and O–H groups in total. The van der Waals surface area contributed by atoms with E-state index < -0.39 is 6.04 Å². The Hall–Kier alpha value is -4.05. The molecule has 1 unspecified atom stereocenters. The second-order valence-corrected chi connectivity index (χ2v) is 10.1. The number of nitrogens with zero attached hydrogens (tertiary/aromatic N) is 4. The van der Waals surface area contributed by atoms with Crippen LogP contribution in [0.4, 0.5) is 5.69 Å². The van der Waals surface area contributed by atoms with Crippen LogP contribution in [0.1, 0.15) is 71.9 Å². The molecular weight excluding hydrogens is 508 g/mol. The molecule has 0 spiro atoms. The molecule has 4 heterocycles. The van der Waals surface area contributed by atoms with Crippen molar-refractivity contribution in [1.29, 1.82) is 0 Å². The number of carbonyl (C=O) groups is 4. The van der Waals surface area contributed by atoms with Gasteiger partial charge in [0.15, 0.2) is 0 Å². The zero-order valence-electron chi connectivity index (χ0n) is 23.6. The molecule has 212 valence electrons. The van der Waals surface area contributed by atoms with E-state index in [1.54, 1.807) is 24.4 Å². The summed E-state index contributed by atoms with van der Waals surface area (Å²) in [5, 5.41) is 6.35. The van der Waals surface area contributed by atoms with Gasteiger partial charge >= 0.3 is 0 Å². The highest BCUT2D eigenvalue weighted by Gasteiger charge is 2.33. The zero-order valence-corrected chi connectivity index (χ0v) is 23.6. The first-order valence-electron chi connectivity index (χ1n) is 13.9. The van der Waals surface area contributed by atoms with Gasteiger partial charge in [-0.25, -0.2) is 4.98 Å². The molecular formula is C30H38N6O4. The fourth-order valence-corrected chi connectivity index (χ4v) is 5.33. The predicted octanol–water partition coefficient (Wildman–Crippen LogP) is 3.63. The molecule has 3 amide bonds. The number of anilines is 1. The molecule has 0 saturated carbocycles. The van der Waals surface area contributed by atoms with E-state index in [1.165, 1.54) is 11.9 Å². The van der Waals surface area contributed by atoms with E-state index in [-0.39, 0.29) is 37.1 Å². The lowest BCUT2D eigenvalue weighted by Gasteiger charge is -2.30. The van der Waals surface area contributed by atoms with E-state index in [1.807, 2.05) is 26.0 Å². The maximum absolute atomic E-state index is 13.0. The highest BCUT2D eigenvalue weighted by atomic mass is 16.2. The van der Waals surface area contributed by atoms with Crippen LogP contribution < -0.4 is 10.6 Å². The van der Waals surface area contributed by atoms with Crippen LogP contribution in [0.5, 0.6) is 0 Å². The number of nitrogens with one attached hydrogen (secondary N) is 2. The Balaban J connectivity index is 0.00000181. The highest BCUT2D eigenvalue weighted by Crippen LogP contribution is 2.29. The molecule has 1 saturated heterocycles. The Labute approximate surface area is 234 Å². The van der Waals surface area contributed by atoms with Gasteiger partial charge < -0.3 is 29.8 Å². The number of aromatic nitrogens is 2. The number of benzene rings is 1. The summed E-state index contributed by atoms with van der Waals surface area (Å²) in [5.74, 6) is -0.725. The van der Waals surface area contributed by atoms with Gasteiger partial charge in [-0.3, -0.25) is 14.4 Å². The summed E-state index contributed by atoms with van der Waals surface area (Å²) in [6, 6.07) is 8.67. The van der Waals surface area contributed by atoms with Crippen molar-refractivity contribution in [2.45, 2.75) is 58.2 Å². The number of amides is 3. The van der Waals surface area contributed by atoms with Gasteiger partial charge in [0.1, 0.15) is 11.9 Å². The number of pyridine rings is 1. The largest absolute Gasteiger partial charge is 0.359 e. The van der Waals surface area contributed by atoms with Crippen molar-refractivity contribution in [1.82, 2.24) is 24.7 Å². The Morgan fingerprint density at radius 1 is 1.15 bits per heavy atom. The Morgan fingerprint density at radius 2 is 1.90 bits per heavy atom. The summed E-state index contributed by atoms with van der Waals surface area (Å²) in [5.41, 5.74) is 3.11. The number of aldehydes is 1. The smallest absolute Gasteiger partial charge is 0.257 e. The molecule has 3 aromatic rings. The molecule has 2 aromatic heterocycles. The van der Waals surface area contributed by atoms with Crippen LogP contribution in [0.25, 0.3) is 11.0 Å². The fourth-order valence-electron chi connectivity index (χ4n) is 5.33. The van der Waals surface area contributed by atoms with Crippen molar-refractivity contribution in [3.05, 3.63) is 59.4 Å². The monoisotopic (exact) mass is 546 g/mol. The van der Waals surface area contributed by atoms with Crippen LogP contribution in [-0.4, -0.2) is 76.6 Å². The number of fused-ring (bicyclic) bond motifs is 2. The van der Waals surface area contributed by atoms with Crippen LogP contribution in [0.3, 0.4) is 0 Å². The number of hydrogen-bond donors (Lipinski definition) is 2. The number of hydrogen-bond acceptors (Lipinski definition) is 6. The van der Waals surface area contributed by atoms with E-state index in [0.29, 0.717) is 29.1 Å². The summed E-state index contributed by atoms with van der Waals surface area (Å²) in [4.78, 5) is 57.6. The van der Waals surface area contributed by atoms with Gasteiger partial charge in [0.05, 0.1) is 11.6 Å². The Kier molecular flexibility index (Phi) is 9.31. The average molecular weight is 547 g/mol. The van der Waals surface area contributed by atoms with E-state index in [9.17, 15) is 19.2 Å². The van der Waals surface area contributed by atoms with Crippen molar-refractivity contribution in [3.8, 4) is 0 Å². The average Bonchev–Trinajstić information content (AvgIpc) is 3.55. The minimum absolute atomic E-state index is 0.154. The molecule has 10 heteroatoms. The molecule has 40 heavy (non-hydrogen) atoms. The second-order valence-electron chi connectivity index (χ2n) is 10.1. The molecule has 1 aromatic carbocycles. The lowest BCUT2D eigenvalue weighted by Crippen LogP contribution is -2.37. The van der Waals surface area contributed by atoms with Gasteiger partial charge in [-0.2, -0.15) is 0 Å². The molecule has 1 atom stereocenters. The van der Waals surface area contributed by atoms with Crippen molar-refractivity contribution in [3.63, 3.8) is 0 Å². The van der Waals surface area contributed by atoms with Gasteiger partial charge in [-0.05, 0) is 75.3 Å². The molecule has 10 nitrogen and oxygen atoms in total. The number of likely N-dealkylation sites (tertiary alicyclic amines) is 1. The molecule has 1 fully saturated rings. The standard InChI is InChI=1S/C28H32N6O4.C2H6/c1-29-25(36)6-4-23(17-35)34-16-20-14-21(3-5-24(20)28(34)38)31-27(37)19-13-18-7-12-33(26(18)30-15-19)22-8-10-32(2)11-9-22;1-2/h3,5,7,12-15,17,22-23H,4,6,8-11,16H2,1-2H3,(H,29,36)(H,31,37);1-2H3. The number of piperidine rings is 1. The van der Waals surface area contributed by atoms with Gasteiger partial charge in [0.2, 0.25) is 5.91 Å². The molecule has 0 bridgehead atoms. The summed E-state index contributed by atoms with van der Waals surface area (Å²) < 4.78 is 2.22. The normalized spacial score (nSPS) is 16.2. The van der Waals surface area contributed by atoms with Crippen molar-refractivity contribution in [2.24, 2.45) is 0 Å². The Bertz CT molecular complexity index is 1390. The predicted molar refractivity (Wildman–Crippen MR) is 154 cm³/mol. The molecule has 2 aliphatic heterocycles. The van der Waals surface area contributed by atoms with Crippen molar-refractivity contribution >= 4 is 40.7 Å². The van der Waals surface area contributed by atoms with E-state index in [2.05, 4.69) is 38.3 Å². The third-order valence-corrected chi connectivity index (χ3v) is 7.60. The third-order valence-electron chi connectivity index (χ3n) is 7.60. The first-order chi connectivity index (χ1) is 19.4. The van der Waals surface area contributed by atoms with E-state index in [4.69, 9.17) is 0 Å². The summed E-state index contributed by atoms with van der Waals surface area (Å²) >= 11 is 0. The summed E-state index contributed by atoms with van der Waals surface area (Å²) in [7, 11) is 3.67. The van der Waals surface area contributed by atoms with Gasteiger partial charge in [-0.1, -0.05) is 13.8 Å². The summed E-state index contributed by atoms with van der Waals surface area (Å²) in [6.45, 7) is 6.36. The molecule has 0 radical (unpaired) electrons. The van der Waals surface area contributed by atoms with E-state index >= 15 is 0 Å². The van der Waals surface area contributed by atoms with Crippen LogP contribution >= 0.6 is 0 Å². The highest BCUT2D eigenvalue weighted by molar-refractivity contribution is 6.06. The zero-order chi connectivity index (χ0) is 28.8. The topological polar surface area (TPSA) is 117 Å².